The van der Waals surface area contributed by atoms with E-state index in [1.807, 2.05) is 42.5 Å². The van der Waals surface area contributed by atoms with Crippen molar-refractivity contribution >= 4 is 34.3 Å². The number of imide groups is 1. The smallest absolute Gasteiger partial charge is 0.324 e. The zero-order chi connectivity index (χ0) is 19.7. The Hall–Kier alpha value is -3.67. The second-order valence-electron chi connectivity index (χ2n) is 6.89. The number of hydrogen-bond acceptors (Lipinski definition) is 3. The quantitative estimate of drug-likeness (QED) is 0.689. The van der Waals surface area contributed by atoms with Crippen LogP contribution in [0.25, 0.3) is 10.8 Å². The van der Waals surface area contributed by atoms with Crippen LogP contribution < -0.4 is 10.6 Å². The molecule has 1 saturated heterocycles. The van der Waals surface area contributed by atoms with Gasteiger partial charge in [-0.25, -0.2) is 4.79 Å². The minimum absolute atomic E-state index is 0.351. The SMILES string of the molecule is C[C@]1(c2ccccc2)NC(=O)N(CC(=O)Nc2cccc3ccccc23)C1=O. The molecule has 140 valence electrons. The maximum absolute atomic E-state index is 12.9. The molecule has 0 aromatic heterocycles. The number of hydrogen-bond donors (Lipinski definition) is 2. The molecule has 6 nitrogen and oxygen atoms in total. The van der Waals surface area contributed by atoms with Crippen LogP contribution in [0.15, 0.2) is 72.8 Å². The number of urea groups is 1. The molecule has 4 rings (SSSR count). The second kappa shape index (κ2) is 6.81. The molecule has 0 saturated carbocycles. The van der Waals surface area contributed by atoms with Crippen molar-refractivity contribution in [3.05, 3.63) is 78.4 Å². The molecule has 1 atom stereocenters. The fourth-order valence-electron chi connectivity index (χ4n) is 3.48. The standard InChI is InChI=1S/C22H19N3O3/c1-22(16-10-3-2-4-11-16)20(27)25(21(28)24-22)14-19(26)23-18-13-7-9-15-8-5-6-12-17(15)18/h2-13H,14H2,1H3,(H,23,26)(H,24,28)/t22-/m1/s1. The first-order valence-corrected chi connectivity index (χ1v) is 8.96. The lowest BCUT2D eigenvalue weighted by molar-refractivity contribution is -0.133. The number of carbonyl (C=O) groups excluding carboxylic acids is 3. The minimum Gasteiger partial charge on any atom is -0.324 e. The first-order chi connectivity index (χ1) is 13.5. The normalized spacial score (nSPS) is 19.0. The van der Waals surface area contributed by atoms with Crippen molar-refractivity contribution in [2.24, 2.45) is 0 Å². The third-order valence-corrected chi connectivity index (χ3v) is 4.99. The summed E-state index contributed by atoms with van der Waals surface area (Å²) in [5, 5.41) is 7.40. The first kappa shape index (κ1) is 17.7. The van der Waals surface area contributed by atoms with Gasteiger partial charge in [-0.05, 0) is 23.9 Å². The van der Waals surface area contributed by atoms with Gasteiger partial charge in [-0.1, -0.05) is 66.7 Å². The Bertz CT molecular complexity index is 1080. The first-order valence-electron chi connectivity index (χ1n) is 8.96. The highest BCUT2D eigenvalue weighted by Crippen LogP contribution is 2.29. The molecule has 1 aliphatic rings. The molecule has 0 radical (unpaired) electrons. The van der Waals surface area contributed by atoms with E-state index in [1.165, 1.54) is 0 Å². The number of carbonyl (C=O) groups is 3. The van der Waals surface area contributed by atoms with Crippen molar-refractivity contribution in [1.82, 2.24) is 10.2 Å². The second-order valence-corrected chi connectivity index (χ2v) is 6.89. The topological polar surface area (TPSA) is 78.5 Å². The number of amides is 4. The molecule has 0 bridgehead atoms. The van der Waals surface area contributed by atoms with E-state index in [2.05, 4.69) is 10.6 Å². The average Bonchev–Trinajstić information content (AvgIpc) is 2.93. The Labute approximate surface area is 162 Å². The van der Waals surface area contributed by atoms with Crippen LogP contribution >= 0.6 is 0 Å². The summed E-state index contributed by atoms with van der Waals surface area (Å²) < 4.78 is 0. The maximum Gasteiger partial charge on any atom is 0.325 e. The summed E-state index contributed by atoms with van der Waals surface area (Å²) in [5.41, 5.74) is 0.129. The van der Waals surface area contributed by atoms with E-state index >= 15 is 0 Å². The number of anilines is 1. The van der Waals surface area contributed by atoms with Crippen LogP contribution in [0.5, 0.6) is 0 Å². The molecule has 1 heterocycles. The van der Waals surface area contributed by atoms with Gasteiger partial charge in [-0.15, -0.1) is 0 Å². The molecule has 3 aromatic rings. The van der Waals surface area contributed by atoms with E-state index in [0.717, 1.165) is 15.7 Å². The van der Waals surface area contributed by atoms with E-state index in [-0.39, 0.29) is 6.54 Å². The van der Waals surface area contributed by atoms with Crippen molar-refractivity contribution in [3.63, 3.8) is 0 Å². The van der Waals surface area contributed by atoms with Gasteiger partial charge in [0.2, 0.25) is 5.91 Å². The van der Waals surface area contributed by atoms with E-state index < -0.39 is 23.4 Å². The fraction of sp³-hybridized carbons (Fsp3) is 0.136. The zero-order valence-corrected chi connectivity index (χ0v) is 15.3. The number of fused-ring (bicyclic) bond motifs is 1. The van der Waals surface area contributed by atoms with Crippen molar-refractivity contribution in [2.45, 2.75) is 12.5 Å². The highest BCUT2D eigenvalue weighted by atomic mass is 16.2. The third kappa shape index (κ3) is 2.99. The van der Waals surface area contributed by atoms with Gasteiger partial charge < -0.3 is 10.6 Å². The van der Waals surface area contributed by atoms with Gasteiger partial charge in [0, 0.05) is 11.1 Å². The van der Waals surface area contributed by atoms with Gasteiger partial charge >= 0.3 is 6.03 Å². The predicted octanol–water partition coefficient (Wildman–Crippen LogP) is 3.25. The summed E-state index contributed by atoms with van der Waals surface area (Å²) in [6, 6.07) is 21.7. The Morgan fingerprint density at radius 3 is 2.43 bits per heavy atom. The molecule has 1 aliphatic heterocycles. The van der Waals surface area contributed by atoms with E-state index in [9.17, 15) is 14.4 Å². The summed E-state index contributed by atoms with van der Waals surface area (Å²) in [4.78, 5) is 38.8. The summed E-state index contributed by atoms with van der Waals surface area (Å²) >= 11 is 0. The van der Waals surface area contributed by atoms with Crippen molar-refractivity contribution in [2.75, 3.05) is 11.9 Å². The van der Waals surface area contributed by atoms with Gasteiger partial charge in [-0.3, -0.25) is 14.5 Å². The summed E-state index contributed by atoms with van der Waals surface area (Å²) in [5.74, 6) is -0.881. The average molecular weight is 373 g/mol. The molecular formula is C22H19N3O3. The fourth-order valence-corrected chi connectivity index (χ4v) is 3.48. The number of nitrogens with zero attached hydrogens (tertiary/aromatic N) is 1. The van der Waals surface area contributed by atoms with Crippen LogP contribution in [0, 0.1) is 0 Å². The Balaban J connectivity index is 1.53. The predicted molar refractivity (Wildman–Crippen MR) is 107 cm³/mol. The maximum atomic E-state index is 12.9. The molecule has 4 amide bonds. The van der Waals surface area contributed by atoms with Gasteiger partial charge in [0.05, 0.1) is 0 Å². The van der Waals surface area contributed by atoms with E-state index in [0.29, 0.717) is 11.3 Å². The molecule has 0 unspecified atom stereocenters. The lowest BCUT2D eigenvalue weighted by atomic mass is 9.92. The van der Waals surface area contributed by atoms with Gasteiger partial charge in [0.1, 0.15) is 12.1 Å². The molecule has 28 heavy (non-hydrogen) atoms. The number of benzene rings is 3. The molecule has 0 spiro atoms. The van der Waals surface area contributed by atoms with E-state index in [4.69, 9.17) is 0 Å². The van der Waals surface area contributed by atoms with Crippen LogP contribution in [0.3, 0.4) is 0 Å². The van der Waals surface area contributed by atoms with Crippen molar-refractivity contribution in [1.29, 1.82) is 0 Å². The molecular weight excluding hydrogens is 354 g/mol. The lowest BCUT2D eigenvalue weighted by Crippen LogP contribution is -2.42. The van der Waals surface area contributed by atoms with Gasteiger partial charge in [0.25, 0.3) is 5.91 Å². The highest BCUT2D eigenvalue weighted by molar-refractivity contribution is 6.11. The van der Waals surface area contributed by atoms with Crippen molar-refractivity contribution < 1.29 is 14.4 Å². The molecule has 6 heteroatoms. The Morgan fingerprint density at radius 2 is 1.64 bits per heavy atom. The number of rotatable bonds is 4. The summed E-state index contributed by atoms with van der Waals surface area (Å²) in [6.45, 7) is 1.29. The van der Waals surface area contributed by atoms with Crippen LogP contribution in [0.4, 0.5) is 10.5 Å². The van der Waals surface area contributed by atoms with Crippen LogP contribution in [-0.2, 0) is 15.1 Å². The minimum atomic E-state index is -1.18. The largest absolute Gasteiger partial charge is 0.325 e. The summed E-state index contributed by atoms with van der Waals surface area (Å²) in [6.07, 6.45) is 0. The molecule has 0 aliphatic carbocycles. The van der Waals surface area contributed by atoms with Crippen LogP contribution in [0.1, 0.15) is 12.5 Å². The highest BCUT2D eigenvalue weighted by Gasteiger charge is 2.49. The Kier molecular flexibility index (Phi) is 4.31. The van der Waals surface area contributed by atoms with Crippen LogP contribution in [0.2, 0.25) is 0 Å². The van der Waals surface area contributed by atoms with Crippen LogP contribution in [-0.4, -0.2) is 29.3 Å². The molecule has 3 aromatic carbocycles. The molecule has 1 fully saturated rings. The monoisotopic (exact) mass is 373 g/mol. The van der Waals surface area contributed by atoms with Gasteiger partial charge in [0.15, 0.2) is 0 Å². The number of nitrogens with one attached hydrogen (secondary N) is 2. The van der Waals surface area contributed by atoms with Gasteiger partial charge in [-0.2, -0.15) is 0 Å². The van der Waals surface area contributed by atoms with Crippen molar-refractivity contribution in [3.8, 4) is 0 Å². The summed E-state index contributed by atoms with van der Waals surface area (Å²) in [7, 11) is 0. The molecule has 2 N–H and O–H groups in total. The van der Waals surface area contributed by atoms with E-state index in [1.54, 1.807) is 37.3 Å². The lowest BCUT2D eigenvalue weighted by Gasteiger charge is -2.22. The Morgan fingerprint density at radius 1 is 0.964 bits per heavy atom. The third-order valence-electron chi connectivity index (χ3n) is 4.99. The zero-order valence-electron chi connectivity index (χ0n) is 15.3.